The molecule has 0 aliphatic carbocycles. The van der Waals surface area contributed by atoms with Gasteiger partial charge >= 0.3 is 6.18 Å². The van der Waals surface area contributed by atoms with Crippen LogP contribution in [0.2, 0.25) is 0 Å². The molecule has 2 aliphatic heterocycles. The number of ether oxygens (including phenoxy) is 1. The van der Waals surface area contributed by atoms with Crippen molar-refractivity contribution in [1.29, 1.82) is 0 Å². The van der Waals surface area contributed by atoms with Crippen molar-refractivity contribution in [1.82, 2.24) is 14.9 Å². The molecule has 2 aromatic heterocycles. The van der Waals surface area contributed by atoms with E-state index in [4.69, 9.17) is 4.74 Å². The summed E-state index contributed by atoms with van der Waals surface area (Å²) in [4.78, 5) is 23.7. The third-order valence-corrected chi connectivity index (χ3v) is 6.91. The fraction of sp³-hybridized carbons (Fsp3) is 0.476. The van der Waals surface area contributed by atoms with E-state index in [1.54, 1.807) is 9.80 Å². The Labute approximate surface area is 193 Å². The molecule has 0 radical (unpaired) electrons. The van der Waals surface area contributed by atoms with Crippen molar-refractivity contribution in [2.75, 3.05) is 30.8 Å². The lowest BCUT2D eigenvalue weighted by molar-refractivity contribution is -0.138. The standard InChI is InChI=1S/C21H22F4N4O4S/c1-34(31,32)18-3-2-15(12-26-18)33-17-6-9-29(20(17)30)14-4-7-28(8-5-14)19-16(22)10-13(11-27-19)21(23,24)25/h2-3,10-12,14,17H,4-9H2,1H3. The number of alkyl halides is 3. The van der Waals surface area contributed by atoms with Crippen LogP contribution < -0.4 is 9.64 Å². The number of sulfone groups is 1. The Balaban J connectivity index is 1.34. The van der Waals surface area contributed by atoms with Crippen molar-refractivity contribution >= 4 is 21.6 Å². The molecule has 4 rings (SSSR count). The van der Waals surface area contributed by atoms with E-state index in [-0.39, 0.29) is 28.5 Å². The Morgan fingerprint density at radius 1 is 1.06 bits per heavy atom. The average molecular weight is 502 g/mol. The topological polar surface area (TPSA) is 92.7 Å². The van der Waals surface area contributed by atoms with Crippen LogP contribution >= 0.6 is 0 Å². The summed E-state index contributed by atoms with van der Waals surface area (Å²) in [5.41, 5.74) is -1.14. The van der Waals surface area contributed by atoms with Crippen LogP contribution in [0, 0.1) is 5.82 Å². The van der Waals surface area contributed by atoms with Crippen molar-refractivity contribution in [3.63, 3.8) is 0 Å². The normalized spacial score (nSPS) is 20.1. The second kappa shape index (κ2) is 9.01. The molecule has 0 N–H and O–H groups in total. The number of nitrogens with zero attached hydrogens (tertiary/aromatic N) is 4. The molecular formula is C21H22F4N4O4S. The van der Waals surface area contributed by atoms with Gasteiger partial charge in [0.05, 0.1) is 11.8 Å². The largest absolute Gasteiger partial charge is 0.479 e. The molecule has 1 atom stereocenters. The molecule has 0 aromatic carbocycles. The van der Waals surface area contributed by atoms with E-state index in [0.717, 1.165) is 6.26 Å². The highest BCUT2D eigenvalue weighted by molar-refractivity contribution is 7.90. The van der Waals surface area contributed by atoms with Crippen LogP contribution in [0.3, 0.4) is 0 Å². The van der Waals surface area contributed by atoms with Gasteiger partial charge in [0.25, 0.3) is 5.91 Å². The van der Waals surface area contributed by atoms with Gasteiger partial charge in [-0.1, -0.05) is 0 Å². The van der Waals surface area contributed by atoms with Gasteiger partial charge in [-0.3, -0.25) is 4.79 Å². The van der Waals surface area contributed by atoms with Crippen LogP contribution in [0.5, 0.6) is 5.75 Å². The highest BCUT2D eigenvalue weighted by atomic mass is 32.2. The number of piperidine rings is 1. The molecule has 13 heteroatoms. The van der Waals surface area contributed by atoms with Crippen molar-refractivity contribution in [3.8, 4) is 5.75 Å². The summed E-state index contributed by atoms with van der Waals surface area (Å²) >= 11 is 0. The number of hydrogen-bond donors (Lipinski definition) is 0. The van der Waals surface area contributed by atoms with Crippen LogP contribution in [0.1, 0.15) is 24.8 Å². The Morgan fingerprint density at radius 3 is 2.32 bits per heavy atom. The van der Waals surface area contributed by atoms with Crippen molar-refractivity contribution in [2.24, 2.45) is 0 Å². The molecule has 0 saturated carbocycles. The predicted octanol–water partition coefficient (Wildman–Crippen LogP) is 2.69. The van der Waals surface area contributed by atoms with E-state index >= 15 is 0 Å². The first-order chi connectivity index (χ1) is 15.9. The highest BCUT2D eigenvalue weighted by Crippen LogP contribution is 2.32. The second-order valence-electron chi connectivity index (χ2n) is 8.28. The maximum atomic E-state index is 14.2. The number of rotatable bonds is 5. The number of carbonyl (C=O) groups is 1. The maximum Gasteiger partial charge on any atom is 0.417 e. The van der Waals surface area contributed by atoms with Gasteiger partial charge in [-0.2, -0.15) is 13.2 Å². The van der Waals surface area contributed by atoms with Gasteiger partial charge in [-0.25, -0.2) is 22.8 Å². The van der Waals surface area contributed by atoms with Crippen LogP contribution in [0.4, 0.5) is 23.4 Å². The van der Waals surface area contributed by atoms with E-state index < -0.39 is 33.5 Å². The van der Waals surface area contributed by atoms with Gasteiger partial charge in [0.1, 0.15) is 5.75 Å². The molecule has 8 nitrogen and oxygen atoms in total. The number of pyridine rings is 2. The second-order valence-corrected chi connectivity index (χ2v) is 10.2. The van der Waals surface area contributed by atoms with Crippen molar-refractivity contribution < 1.29 is 35.5 Å². The quantitative estimate of drug-likeness (QED) is 0.581. The lowest BCUT2D eigenvalue weighted by Crippen LogP contribution is -2.47. The summed E-state index contributed by atoms with van der Waals surface area (Å²) in [6.45, 7) is 1.15. The van der Waals surface area contributed by atoms with E-state index in [1.165, 1.54) is 18.3 Å². The Morgan fingerprint density at radius 2 is 1.76 bits per heavy atom. The zero-order valence-corrected chi connectivity index (χ0v) is 18.9. The number of hydrogen-bond acceptors (Lipinski definition) is 7. The van der Waals surface area contributed by atoms with Gasteiger partial charge in [0.15, 0.2) is 32.6 Å². The summed E-state index contributed by atoms with van der Waals surface area (Å²) in [7, 11) is -3.44. The summed E-state index contributed by atoms with van der Waals surface area (Å²) < 4.78 is 81.2. The molecule has 34 heavy (non-hydrogen) atoms. The van der Waals surface area contributed by atoms with Gasteiger partial charge in [0, 0.05) is 44.5 Å². The molecule has 1 unspecified atom stereocenters. The highest BCUT2D eigenvalue weighted by Gasteiger charge is 2.39. The van der Waals surface area contributed by atoms with Gasteiger partial charge in [0.2, 0.25) is 0 Å². The summed E-state index contributed by atoms with van der Waals surface area (Å²) in [5.74, 6) is -1.09. The fourth-order valence-electron chi connectivity index (χ4n) is 4.17. The molecular weight excluding hydrogens is 480 g/mol. The third kappa shape index (κ3) is 5.08. The van der Waals surface area contributed by atoms with Gasteiger partial charge in [-0.15, -0.1) is 0 Å². The van der Waals surface area contributed by atoms with E-state index in [1.807, 2.05) is 0 Å². The molecule has 2 aliphatic rings. The zero-order valence-electron chi connectivity index (χ0n) is 18.1. The lowest BCUT2D eigenvalue weighted by atomic mass is 10.0. The smallest absolute Gasteiger partial charge is 0.417 e. The summed E-state index contributed by atoms with van der Waals surface area (Å²) in [6, 6.07) is 3.09. The molecule has 2 saturated heterocycles. The zero-order chi connectivity index (χ0) is 24.7. The average Bonchev–Trinajstić information content (AvgIpc) is 3.13. The SMILES string of the molecule is CS(=O)(=O)c1ccc(OC2CCN(C3CCN(c4ncc(C(F)(F)F)cc4F)CC3)C2=O)cn1. The first kappa shape index (κ1) is 24.2. The van der Waals surface area contributed by atoms with E-state index in [0.29, 0.717) is 51.2 Å². The number of halogens is 4. The Hall–Kier alpha value is -2.96. The monoisotopic (exact) mass is 502 g/mol. The molecule has 0 bridgehead atoms. The molecule has 0 spiro atoms. The first-order valence-electron chi connectivity index (χ1n) is 10.5. The minimum absolute atomic E-state index is 0.0926. The van der Waals surface area contributed by atoms with Crippen molar-refractivity contribution in [3.05, 3.63) is 42.0 Å². The number of anilines is 1. The number of amides is 1. The molecule has 2 fully saturated rings. The first-order valence-corrected chi connectivity index (χ1v) is 12.4. The summed E-state index contributed by atoms with van der Waals surface area (Å²) in [5, 5.41) is -0.0926. The van der Waals surface area contributed by atoms with Crippen molar-refractivity contribution in [2.45, 2.75) is 42.6 Å². The fourth-order valence-corrected chi connectivity index (χ4v) is 4.73. The molecule has 184 valence electrons. The lowest BCUT2D eigenvalue weighted by Gasteiger charge is -2.37. The minimum Gasteiger partial charge on any atom is -0.479 e. The minimum atomic E-state index is -4.67. The van der Waals surface area contributed by atoms with Crippen LogP contribution in [-0.2, 0) is 20.8 Å². The van der Waals surface area contributed by atoms with Crippen LogP contribution in [0.15, 0.2) is 35.6 Å². The van der Waals surface area contributed by atoms with Gasteiger partial charge in [-0.05, 0) is 31.0 Å². The van der Waals surface area contributed by atoms with Gasteiger partial charge < -0.3 is 14.5 Å². The van der Waals surface area contributed by atoms with Crippen LogP contribution in [0.25, 0.3) is 0 Å². The number of likely N-dealkylation sites (tertiary alicyclic amines) is 1. The molecule has 4 heterocycles. The van der Waals surface area contributed by atoms with Crippen LogP contribution in [-0.4, -0.2) is 67.2 Å². The number of carbonyl (C=O) groups excluding carboxylic acids is 1. The molecule has 2 aromatic rings. The maximum absolute atomic E-state index is 14.2. The Bertz CT molecular complexity index is 1170. The Kier molecular flexibility index (Phi) is 6.40. The third-order valence-electron chi connectivity index (χ3n) is 5.91. The van der Waals surface area contributed by atoms with E-state index in [2.05, 4.69) is 9.97 Å². The molecule has 1 amide bonds. The van der Waals surface area contributed by atoms with E-state index in [9.17, 15) is 30.8 Å². The number of aromatic nitrogens is 2. The predicted molar refractivity (Wildman–Crippen MR) is 113 cm³/mol. The summed E-state index contributed by atoms with van der Waals surface area (Å²) in [6.07, 6.45) is -1.01.